The van der Waals surface area contributed by atoms with Gasteiger partial charge >= 0.3 is 0 Å². The lowest BCUT2D eigenvalue weighted by Crippen LogP contribution is -2.27. The van der Waals surface area contributed by atoms with E-state index in [0.717, 1.165) is 0 Å². The SMILES string of the molecule is COC(C)(C)OCCCOc1cccc([N+](=O)[O-])c1. The molecule has 0 unspecified atom stereocenters. The smallest absolute Gasteiger partial charge is 0.273 e. The predicted molar refractivity (Wildman–Crippen MR) is 70.2 cm³/mol. The molecule has 106 valence electrons. The van der Waals surface area contributed by atoms with Gasteiger partial charge in [0.2, 0.25) is 0 Å². The third-order valence-electron chi connectivity index (χ3n) is 2.53. The van der Waals surface area contributed by atoms with E-state index in [0.29, 0.717) is 25.4 Å². The Labute approximate surface area is 112 Å². The van der Waals surface area contributed by atoms with Crippen LogP contribution in [0.2, 0.25) is 0 Å². The van der Waals surface area contributed by atoms with Gasteiger partial charge in [-0.05, 0) is 19.9 Å². The first kappa shape index (κ1) is 15.4. The lowest BCUT2D eigenvalue weighted by molar-refractivity contribution is -0.384. The molecule has 6 nitrogen and oxygen atoms in total. The monoisotopic (exact) mass is 269 g/mol. The molecule has 0 heterocycles. The van der Waals surface area contributed by atoms with E-state index in [4.69, 9.17) is 14.2 Å². The van der Waals surface area contributed by atoms with Gasteiger partial charge in [0.25, 0.3) is 5.69 Å². The Morgan fingerprint density at radius 2 is 2.05 bits per heavy atom. The summed E-state index contributed by atoms with van der Waals surface area (Å²) in [5, 5.41) is 10.6. The van der Waals surface area contributed by atoms with Crippen molar-refractivity contribution in [2.24, 2.45) is 0 Å². The molecular formula is C13H19NO5. The van der Waals surface area contributed by atoms with E-state index >= 15 is 0 Å². The van der Waals surface area contributed by atoms with E-state index in [1.165, 1.54) is 12.1 Å². The summed E-state index contributed by atoms with van der Waals surface area (Å²) >= 11 is 0. The zero-order chi connectivity index (χ0) is 14.3. The molecule has 0 saturated carbocycles. The predicted octanol–water partition coefficient (Wildman–Crippen LogP) is 2.76. The van der Waals surface area contributed by atoms with Gasteiger partial charge in [-0.15, -0.1) is 0 Å². The highest BCUT2D eigenvalue weighted by Crippen LogP contribution is 2.19. The topological polar surface area (TPSA) is 70.8 Å². The maximum atomic E-state index is 10.6. The number of nitro benzene ring substituents is 1. The van der Waals surface area contributed by atoms with Crippen LogP contribution in [0, 0.1) is 10.1 Å². The number of nitro groups is 1. The molecule has 19 heavy (non-hydrogen) atoms. The van der Waals surface area contributed by atoms with Crippen molar-refractivity contribution in [1.29, 1.82) is 0 Å². The molecule has 1 aromatic carbocycles. The quantitative estimate of drug-likeness (QED) is 0.314. The zero-order valence-corrected chi connectivity index (χ0v) is 11.4. The Morgan fingerprint density at radius 1 is 1.32 bits per heavy atom. The van der Waals surface area contributed by atoms with Crippen molar-refractivity contribution in [2.75, 3.05) is 20.3 Å². The van der Waals surface area contributed by atoms with Gasteiger partial charge in [0, 0.05) is 19.6 Å². The van der Waals surface area contributed by atoms with E-state index in [2.05, 4.69) is 0 Å². The number of hydrogen-bond acceptors (Lipinski definition) is 5. The van der Waals surface area contributed by atoms with Crippen molar-refractivity contribution in [3.8, 4) is 5.75 Å². The summed E-state index contributed by atoms with van der Waals surface area (Å²) in [5.74, 6) is -0.119. The van der Waals surface area contributed by atoms with Gasteiger partial charge in [-0.2, -0.15) is 0 Å². The number of rotatable bonds is 8. The second kappa shape index (κ2) is 7.06. The van der Waals surface area contributed by atoms with Gasteiger partial charge in [0.1, 0.15) is 5.75 Å². The lowest BCUT2D eigenvalue weighted by Gasteiger charge is -2.23. The van der Waals surface area contributed by atoms with Gasteiger partial charge in [0.05, 0.1) is 24.2 Å². The average molecular weight is 269 g/mol. The Balaban J connectivity index is 2.30. The standard InChI is InChI=1S/C13H19NO5/c1-13(2,17-3)19-9-5-8-18-12-7-4-6-11(10-12)14(15)16/h4,6-7,10H,5,8-9H2,1-3H3. The molecule has 0 aliphatic heterocycles. The van der Waals surface area contributed by atoms with Crippen molar-refractivity contribution in [2.45, 2.75) is 26.1 Å². The van der Waals surface area contributed by atoms with Crippen molar-refractivity contribution in [3.05, 3.63) is 34.4 Å². The van der Waals surface area contributed by atoms with Gasteiger partial charge in [-0.25, -0.2) is 0 Å². The molecular weight excluding hydrogens is 250 g/mol. The Morgan fingerprint density at radius 3 is 2.68 bits per heavy atom. The first-order valence-corrected chi connectivity index (χ1v) is 6.01. The van der Waals surface area contributed by atoms with Crippen molar-refractivity contribution in [1.82, 2.24) is 0 Å². The fraction of sp³-hybridized carbons (Fsp3) is 0.538. The summed E-state index contributed by atoms with van der Waals surface area (Å²) in [7, 11) is 1.58. The Kier molecular flexibility index (Phi) is 5.72. The van der Waals surface area contributed by atoms with Gasteiger partial charge in [-0.1, -0.05) is 6.07 Å². The number of non-ortho nitro benzene ring substituents is 1. The number of benzene rings is 1. The molecule has 0 fully saturated rings. The average Bonchev–Trinajstić information content (AvgIpc) is 2.38. The van der Waals surface area contributed by atoms with Crippen LogP contribution in [0.5, 0.6) is 5.75 Å². The summed E-state index contributed by atoms with van der Waals surface area (Å²) in [6.45, 7) is 4.58. The van der Waals surface area contributed by atoms with Crippen molar-refractivity contribution in [3.63, 3.8) is 0 Å². The summed E-state index contributed by atoms with van der Waals surface area (Å²) in [4.78, 5) is 10.1. The second-order valence-corrected chi connectivity index (χ2v) is 4.41. The van der Waals surface area contributed by atoms with Crippen LogP contribution in [0.1, 0.15) is 20.3 Å². The van der Waals surface area contributed by atoms with Crippen molar-refractivity contribution < 1.29 is 19.1 Å². The van der Waals surface area contributed by atoms with Crippen LogP contribution in [-0.4, -0.2) is 31.0 Å². The summed E-state index contributed by atoms with van der Waals surface area (Å²) in [6, 6.07) is 6.11. The molecule has 0 N–H and O–H groups in total. The maximum absolute atomic E-state index is 10.6. The largest absolute Gasteiger partial charge is 0.493 e. The van der Waals surface area contributed by atoms with Gasteiger partial charge in [0.15, 0.2) is 5.79 Å². The van der Waals surface area contributed by atoms with E-state index in [9.17, 15) is 10.1 Å². The van der Waals surface area contributed by atoms with Crippen LogP contribution in [0.15, 0.2) is 24.3 Å². The van der Waals surface area contributed by atoms with Crippen LogP contribution in [0.4, 0.5) is 5.69 Å². The lowest BCUT2D eigenvalue weighted by atomic mass is 10.3. The minimum atomic E-state index is -0.606. The van der Waals surface area contributed by atoms with E-state index in [-0.39, 0.29) is 5.69 Å². The van der Waals surface area contributed by atoms with Crippen LogP contribution in [-0.2, 0) is 9.47 Å². The third kappa shape index (κ3) is 5.67. The number of methoxy groups -OCH3 is 1. The molecule has 0 aromatic heterocycles. The van der Waals surface area contributed by atoms with Crippen LogP contribution in [0.25, 0.3) is 0 Å². The molecule has 0 radical (unpaired) electrons. The molecule has 0 aliphatic carbocycles. The fourth-order valence-corrected chi connectivity index (χ4v) is 1.31. The number of ether oxygens (including phenoxy) is 3. The van der Waals surface area contributed by atoms with Gasteiger partial charge in [-0.3, -0.25) is 10.1 Å². The maximum Gasteiger partial charge on any atom is 0.273 e. The second-order valence-electron chi connectivity index (χ2n) is 4.41. The molecule has 0 amide bonds. The first-order chi connectivity index (χ1) is 8.94. The van der Waals surface area contributed by atoms with E-state index in [1.807, 2.05) is 13.8 Å². The van der Waals surface area contributed by atoms with Gasteiger partial charge < -0.3 is 14.2 Å². The van der Waals surface area contributed by atoms with Crippen molar-refractivity contribution >= 4 is 5.69 Å². The van der Waals surface area contributed by atoms with Crippen LogP contribution in [0.3, 0.4) is 0 Å². The highest BCUT2D eigenvalue weighted by Gasteiger charge is 2.15. The molecule has 0 saturated heterocycles. The summed E-state index contributed by atoms with van der Waals surface area (Å²) in [5.41, 5.74) is 0.0225. The Hall–Kier alpha value is -1.66. The summed E-state index contributed by atoms with van der Waals surface area (Å²) in [6.07, 6.45) is 0.676. The number of hydrogen-bond donors (Lipinski definition) is 0. The molecule has 1 aromatic rings. The fourth-order valence-electron chi connectivity index (χ4n) is 1.31. The Bertz CT molecular complexity index is 419. The highest BCUT2D eigenvalue weighted by molar-refractivity contribution is 5.37. The molecule has 0 aliphatic rings. The minimum Gasteiger partial charge on any atom is -0.493 e. The molecule has 6 heteroatoms. The third-order valence-corrected chi connectivity index (χ3v) is 2.53. The minimum absolute atomic E-state index is 0.0225. The van der Waals surface area contributed by atoms with Crippen LogP contribution < -0.4 is 4.74 Å². The zero-order valence-electron chi connectivity index (χ0n) is 11.4. The highest BCUT2D eigenvalue weighted by atomic mass is 16.7. The molecule has 1 rings (SSSR count). The summed E-state index contributed by atoms with van der Waals surface area (Å²) < 4.78 is 16.0. The van der Waals surface area contributed by atoms with E-state index in [1.54, 1.807) is 19.2 Å². The first-order valence-electron chi connectivity index (χ1n) is 6.01. The molecule has 0 spiro atoms. The van der Waals surface area contributed by atoms with Crippen LogP contribution >= 0.6 is 0 Å². The normalized spacial score (nSPS) is 11.3. The van der Waals surface area contributed by atoms with E-state index < -0.39 is 10.7 Å². The molecule has 0 atom stereocenters. The molecule has 0 bridgehead atoms. The number of nitrogens with zero attached hydrogens (tertiary/aromatic N) is 1.